The lowest BCUT2D eigenvalue weighted by Crippen LogP contribution is -2.17. The molecular formula is C19H15F3N4O. The van der Waals surface area contributed by atoms with Crippen LogP contribution < -0.4 is 10.6 Å². The molecule has 1 amide bonds. The lowest BCUT2D eigenvalue weighted by atomic mass is 10.2. The second-order valence-corrected chi connectivity index (χ2v) is 5.85. The van der Waals surface area contributed by atoms with E-state index in [0.717, 1.165) is 18.2 Å². The van der Waals surface area contributed by atoms with E-state index in [1.165, 1.54) is 19.1 Å². The van der Waals surface area contributed by atoms with Crippen LogP contribution in [0.3, 0.4) is 0 Å². The first kappa shape index (κ1) is 18.4. The molecule has 0 aliphatic rings. The Labute approximate surface area is 153 Å². The van der Waals surface area contributed by atoms with Crippen LogP contribution in [0.25, 0.3) is 0 Å². The molecule has 0 saturated carbocycles. The summed E-state index contributed by atoms with van der Waals surface area (Å²) in [6.45, 7) is 3.17. The molecule has 2 aromatic heterocycles. The molecular weight excluding hydrogens is 357 g/mol. The maximum Gasteiger partial charge on any atom is 0.277 e. The van der Waals surface area contributed by atoms with E-state index in [9.17, 15) is 18.0 Å². The molecule has 0 aliphatic carbocycles. The molecule has 5 nitrogen and oxygen atoms in total. The van der Waals surface area contributed by atoms with Crippen molar-refractivity contribution < 1.29 is 18.0 Å². The maximum absolute atomic E-state index is 13.4. The number of amides is 1. The van der Waals surface area contributed by atoms with Gasteiger partial charge in [0.05, 0.1) is 11.4 Å². The van der Waals surface area contributed by atoms with E-state index >= 15 is 0 Å². The van der Waals surface area contributed by atoms with Gasteiger partial charge in [0, 0.05) is 17.4 Å². The summed E-state index contributed by atoms with van der Waals surface area (Å²) in [6.07, 6.45) is 0. The topological polar surface area (TPSA) is 66.9 Å². The first-order valence-corrected chi connectivity index (χ1v) is 7.97. The highest BCUT2D eigenvalue weighted by Crippen LogP contribution is 2.23. The Morgan fingerprint density at radius 2 is 1.63 bits per heavy atom. The molecule has 1 aromatic carbocycles. The van der Waals surface area contributed by atoms with Crippen LogP contribution in [0.1, 0.15) is 21.9 Å². The van der Waals surface area contributed by atoms with E-state index in [-0.39, 0.29) is 28.6 Å². The molecule has 0 radical (unpaired) electrons. The summed E-state index contributed by atoms with van der Waals surface area (Å²) in [5.74, 6) is -2.44. The van der Waals surface area contributed by atoms with E-state index in [2.05, 4.69) is 20.6 Å². The monoisotopic (exact) mass is 372 g/mol. The summed E-state index contributed by atoms with van der Waals surface area (Å²) >= 11 is 0. The van der Waals surface area contributed by atoms with Crippen molar-refractivity contribution in [3.8, 4) is 0 Å². The van der Waals surface area contributed by atoms with Crippen LogP contribution in [0.2, 0.25) is 0 Å². The van der Waals surface area contributed by atoms with Crippen molar-refractivity contribution in [3.63, 3.8) is 0 Å². The van der Waals surface area contributed by atoms with Crippen molar-refractivity contribution in [2.24, 2.45) is 0 Å². The predicted octanol–water partition coefficient (Wildman–Crippen LogP) is 4.51. The van der Waals surface area contributed by atoms with Crippen LogP contribution in [0.4, 0.5) is 30.4 Å². The smallest absolute Gasteiger partial charge is 0.277 e. The molecule has 0 unspecified atom stereocenters. The van der Waals surface area contributed by atoms with Crippen molar-refractivity contribution >= 4 is 23.1 Å². The normalized spacial score (nSPS) is 10.6. The number of nitrogens with zero attached hydrogens (tertiary/aromatic N) is 2. The van der Waals surface area contributed by atoms with Crippen LogP contribution >= 0.6 is 0 Å². The molecule has 0 fully saturated rings. The average molecular weight is 372 g/mol. The number of aromatic nitrogens is 2. The summed E-state index contributed by atoms with van der Waals surface area (Å²) in [5, 5.41) is 5.32. The Hall–Kier alpha value is -3.42. The number of aryl methyl sites for hydroxylation is 2. The van der Waals surface area contributed by atoms with Gasteiger partial charge < -0.3 is 10.6 Å². The Morgan fingerprint density at radius 3 is 2.30 bits per heavy atom. The minimum Gasteiger partial charge on any atom is -0.353 e. The van der Waals surface area contributed by atoms with Gasteiger partial charge in [-0.25, -0.2) is 23.1 Å². The maximum atomic E-state index is 13.4. The highest BCUT2D eigenvalue weighted by molar-refractivity contribution is 6.06. The lowest BCUT2D eigenvalue weighted by Gasteiger charge is -2.12. The highest BCUT2D eigenvalue weighted by atomic mass is 19.1. The van der Waals surface area contributed by atoms with Gasteiger partial charge in [-0.1, -0.05) is 0 Å². The van der Waals surface area contributed by atoms with Crippen LogP contribution in [0.5, 0.6) is 0 Å². The van der Waals surface area contributed by atoms with Gasteiger partial charge in [0.25, 0.3) is 5.91 Å². The van der Waals surface area contributed by atoms with Gasteiger partial charge in [0.2, 0.25) is 0 Å². The van der Waals surface area contributed by atoms with E-state index in [1.807, 2.05) is 0 Å². The molecule has 8 heteroatoms. The first-order chi connectivity index (χ1) is 12.8. The lowest BCUT2D eigenvalue weighted by molar-refractivity contribution is 0.102. The standard InChI is InChI=1S/C19H15F3N4O/c1-10-3-5-16(25-14-8-12(20)7-13(21)9-14)18(23-10)19(27)26-17-6-4-15(22)11(2)24-17/h3-9,25H,1-2H3,(H,24,26,27). The number of carbonyl (C=O) groups is 1. The minimum atomic E-state index is -0.755. The summed E-state index contributed by atoms with van der Waals surface area (Å²) in [5.41, 5.74) is 1.09. The fourth-order valence-electron chi connectivity index (χ4n) is 2.40. The van der Waals surface area contributed by atoms with Gasteiger partial charge in [-0.15, -0.1) is 0 Å². The zero-order valence-corrected chi connectivity index (χ0v) is 14.5. The highest BCUT2D eigenvalue weighted by Gasteiger charge is 2.16. The molecule has 0 saturated heterocycles. The fraction of sp³-hybridized carbons (Fsp3) is 0.105. The Bertz CT molecular complexity index is 1000. The van der Waals surface area contributed by atoms with Crippen molar-refractivity contribution in [2.45, 2.75) is 13.8 Å². The van der Waals surface area contributed by atoms with Crippen LogP contribution in [-0.4, -0.2) is 15.9 Å². The molecule has 0 bridgehead atoms. The second-order valence-electron chi connectivity index (χ2n) is 5.85. The number of hydrogen-bond donors (Lipinski definition) is 2. The zero-order chi connectivity index (χ0) is 19.6. The second kappa shape index (κ2) is 7.45. The number of hydrogen-bond acceptors (Lipinski definition) is 4. The van der Waals surface area contributed by atoms with Crippen LogP contribution in [-0.2, 0) is 0 Å². The van der Waals surface area contributed by atoms with Gasteiger partial charge in [-0.2, -0.15) is 0 Å². The van der Waals surface area contributed by atoms with Crippen molar-refractivity contribution in [2.75, 3.05) is 10.6 Å². The third kappa shape index (κ3) is 4.41. The molecule has 2 heterocycles. The molecule has 0 atom stereocenters. The summed E-state index contributed by atoms with van der Waals surface area (Å²) in [4.78, 5) is 20.7. The van der Waals surface area contributed by atoms with Crippen LogP contribution in [0, 0.1) is 31.3 Å². The Morgan fingerprint density at radius 1 is 0.926 bits per heavy atom. The number of halogens is 3. The quantitative estimate of drug-likeness (QED) is 0.707. The van der Waals surface area contributed by atoms with Gasteiger partial charge >= 0.3 is 0 Å². The molecule has 3 rings (SSSR count). The summed E-state index contributed by atoms with van der Waals surface area (Å²) in [7, 11) is 0. The number of pyridine rings is 2. The number of rotatable bonds is 4. The number of nitrogens with one attached hydrogen (secondary N) is 2. The summed E-state index contributed by atoms with van der Waals surface area (Å²) < 4.78 is 40.1. The minimum absolute atomic E-state index is 0.00319. The molecule has 0 spiro atoms. The molecule has 2 N–H and O–H groups in total. The summed E-state index contributed by atoms with van der Waals surface area (Å²) in [6, 6.07) is 8.67. The van der Waals surface area contributed by atoms with Crippen molar-refractivity contribution in [1.82, 2.24) is 9.97 Å². The van der Waals surface area contributed by atoms with Gasteiger partial charge in [-0.05, 0) is 50.2 Å². The molecule has 3 aromatic rings. The van der Waals surface area contributed by atoms with Gasteiger partial charge in [0.15, 0.2) is 5.69 Å². The Kier molecular flexibility index (Phi) is 5.07. The predicted molar refractivity (Wildman–Crippen MR) is 95.5 cm³/mol. The van der Waals surface area contributed by atoms with E-state index in [0.29, 0.717) is 5.69 Å². The number of anilines is 3. The molecule has 0 aliphatic heterocycles. The van der Waals surface area contributed by atoms with Gasteiger partial charge in [0.1, 0.15) is 23.3 Å². The largest absolute Gasteiger partial charge is 0.353 e. The van der Waals surface area contributed by atoms with Crippen molar-refractivity contribution in [3.05, 3.63) is 77.0 Å². The van der Waals surface area contributed by atoms with E-state index in [4.69, 9.17) is 0 Å². The molecule has 138 valence electrons. The third-order valence-electron chi connectivity index (χ3n) is 3.65. The molecule has 27 heavy (non-hydrogen) atoms. The Balaban J connectivity index is 1.91. The fourth-order valence-corrected chi connectivity index (χ4v) is 2.40. The first-order valence-electron chi connectivity index (χ1n) is 7.97. The van der Waals surface area contributed by atoms with E-state index < -0.39 is 23.4 Å². The number of benzene rings is 1. The zero-order valence-electron chi connectivity index (χ0n) is 14.5. The van der Waals surface area contributed by atoms with Crippen LogP contribution in [0.15, 0.2) is 42.5 Å². The van der Waals surface area contributed by atoms with E-state index in [1.54, 1.807) is 19.1 Å². The SMILES string of the molecule is Cc1ccc(Nc2cc(F)cc(F)c2)c(C(=O)Nc2ccc(F)c(C)n2)n1. The van der Waals surface area contributed by atoms with Crippen molar-refractivity contribution in [1.29, 1.82) is 0 Å². The third-order valence-corrected chi connectivity index (χ3v) is 3.65. The number of carbonyl (C=O) groups excluding carboxylic acids is 1. The van der Waals surface area contributed by atoms with Gasteiger partial charge in [-0.3, -0.25) is 4.79 Å². The average Bonchev–Trinajstić information content (AvgIpc) is 2.59.